The van der Waals surface area contributed by atoms with Crippen LogP contribution in [0.3, 0.4) is 0 Å². The highest BCUT2D eigenvalue weighted by molar-refractivity contribution is 7.26. The Bertz CT molecular complexity index is 1850. The van der Waals surface area contributed by atoms with Crippen LogP contribution in [0.25, 0.3) is 47.0 Å². The standard InChI is InChI=1S/C32H22ClNS2/c1-2-19-18-28(33)34-30-25-17-21(20-9-4-3-5-10-20)15-16-27(25)36-32(30)29(19)24-13-8-12-23-22-11-6-7-14-26(22)35-31(23)24/h3-17H,2,18H2,1H3. The van der Waals surface area contributed by atoms with Crippen LogP contribution < -0.4 is 0 Å². The molecular weight excluding hydrogens is 498 g/mol. The van der Waals surface area contributed by atoms with Gasteiger partial charge in [0, 0.05) is 47.8 Å². The molecule has 2 aromatic heterocycles. The van der Waals surface area contributed by atoms with Gasteiger partial charge in [0.25, 0.3) is 0 Å². The van der Waals surface area contributed by atoms with Crippen LogP contribution >= 0.6 is 34.3 Å². The molecule has 0 fully saturated rings. The Morgan fingerprint density at radius 2 is 1.53 bits per heavy atom. The van der Waals surface area contributed by atoms with Crippen molar-refractivity contribution in [3.05, 3.63) is 107 Å². The first kappa shape index (κ1) is 22.0. The molecule has 4 aromatic carbocycles. The number of allylic oxidation sites excluding steroid dienone is 1. The average Bonchev–Trinajstić information content (AvgIpc) is 3.43. The summed E-state index contributed by atoms with van der Waals surface area (Å²) in [5.41, 5.74) is 7.38. The van der Waals surface area contributed by atoms with Gasteiger partial charge in [0.2, 0.25) is 0 Å². The van der Waals surface area contributed by atoms with Crippen molar-refractivity contribution in [2.24, 2.45) is 4.99 Å². The van der Waals surface area contributed by atoms with Crippen molar-refractivity contribution in [3.8, 4) is 11.1 Å². The highest BCUT2D eigenvalue weighted by Gasteiger charge is 2.25. The molecule has 4 heteroatoms. The van der Waals surface area contributed by atoms with E-state index in [1.165, 1.54) is 63.0 Å². The number of hydrogen-bond acceptors (Lipinski definition) is 3. The number of fused-ring (bicyclic) bond motifs is 6. The summed E-state index contributed by atoms with van der Waals surface area (Å²) in [6, 6.07) is 32.7. The Hall–Kier alpha value is -3.24. The van der Waals surface area contributed by atoms with E-state index in [0.29, 0.717) is 11.6 Å². The monoisotopic (exact) mass is 519 g/mol. The third-order valence-corrected chi connectivity index (χ3v) is 9.66. The molecule has 7 rings (SSSR count). The lowest BCUT2D eigenvalue weighted by Gasteiger charge is -2.13. The summed E-state index contributed by atoms with van der Waals surface area (Å²) in [5, 5.41) is 4.48. The summed E-state index contributed by atoms with van der Waals surface area (Å²) in [5.74, 6) is 0. The van der Waals surface area contributed by atoms with Gasteiger partial charge >= 0.3 is 0 Å². The van der Waals surface area contributed by atoms with Gasteiger partial charge in [-0.05, 0) is 35.7 Å². The maximum absolute atomic E-state index is 6.79. The van der Waals surface area contributed by atoms with Crippen molar-refractivity contribution in [1.82, 2.24) is 0 Å². The van der Waals surface area contributed by atoms with Gasteiger partial charge in [-0.15, -0.1) is 22.7 Å². The smallest absolute Gasteiger partial charge is 0.111 e. The van der Waals surface area contributed by atoms with Crippen molar-refractivity contribution in [2.75, 3.05) is 0 Å². The van der Waals surface area contributed by atoms with E-state index in [-0.39, 0.29) is 0 Å². The molecule has 0 N–H and O–H groups in total. The van der Waals surface area contributed by atoms with Crippen molar-refractivity contribution in [3.63, 3.8) is 0 Å². The lowest BCUT2D eigenvalue weighted by Crippen LogP contribution is -1.95. The van der Waals surface area contributed by atoms with E-state index in [1.54, 1.807) is 0 Å². The van der Waals surface area contributed by atoms with Gasteiger partial charge < -0.3 is 0 Å². The topological polar surface area (TPSA) is 12.4 Å². The maximum atomic E-state index is 6.79. The molecule has 0 spiro atoms. The number of benzene rings is 4. The first-order chi connectivity index (χ1) is 17.7. The summed E-state index contributed by atoms with van der Waals surface area (Å²) < 4.78 is 3.91. The Morgan fingerprint density at radius 3 is 2.39 bits per heavy atom. The third-order valence-electron chi connectivity index (χ3n) is 7.04. The van der Waals surface area contributed by atoms with Crippen molar-refractivity contribution in [2.45, 2.75) is 19.8 Å². The number of rotatable bonds is 3. The quantitative estimate of drug-likeness (QED) is 0.220. The fourth-order valence-electron chi connectivity index (χ4n) is 5.32. The Kier molecular flexibility index (Phi) is 5.32. The summed E-state index contributed by atoms with van der Waals surface area (Å²) in [4.78, 5) is 6.24. The third kappa shape index (κ3) is 3.46. The van der Waals surface area contributed by atoms with E-state index in [0.717, 1.165) is 12.1 Å². The second-order valence-corrected chi connectivity index (χ2v) is 11.7. The number of hydrogen-bond donors (Lipinski definition) is 0. The summed E-state index contributed by atoms with van der Waals surface area (Å²) in [6.07, 6.45) is 1.63. The second kappa shape index (κ2) is 8.70. The number of halogens is 1. The first-order valence-corrected chi connectivity index (χ1v) is 14.2. The molecule has 6 aromatic rings. The minimum atomic E-state index is 0.663. The molecule has 0 radical (unpaired) electrons. The van der Waals surface area contributed by atoms with Crippen molar-refractivity contribution >= 4 is 81.0 Å². The molecule has 0 atom stereocenters. The zero-order chi connectivity index (χ0) is 24.2. The van der Waals surface area contributed by atoms with Crippen LogP contribution in [0.5, 0.6) is 0 Å². The summed E-state index contributed by atoms with van der Waals surface area (Å²) in [6.45, 7) is 2.23. The summed E-state index contributed by atoms with van der Waals surface area (Å²) in [7, 11) is 0. The molecule has 0 bridgehead atoms. The molecule has 0 unspecified atom stereocenters. The van der Waals surface area contributed by atoms with Gasteiger partial charge in [0.15, 0.2) is 0 Å². The average molecular weight is 520 g/mol. The van der Waals surface area contributed by atoms with Crippen molar-refractivity contribution in [1.29, 1.82) is 0 Å². The Morgan fingerprint density at radius 1 is 0.750 bits per heavy atom. The Labute approximate surface area is 223 Å². The SMILES string of the molecule is CCC1=C(c2cccc3c2sc2ccccc23)c2sc3ccc(-c4ccccc4)cc3c2N=C(Cl)C1. The molecule has 1 aliphatic heterocycles. The molecule has 1 aliphatic rings. The predicted octanol–water partition coefficient (Wildman–Crippen LogP) is 10.8. The van der Waals surface area contributed by atoms with Gasteiger partial charge in [-0.1, -0.05) is 96.9 Å². The van der Waals surface area contributed by atoms with Gasteiger partial charge in [-0.25, -0.2) is 4.99 Å². The fourth-order valence-corrected chi connectivity index (χ4v) is 8.02. The van der Waals surface area contributed by atoms with E-state index in [1.807, 2.05) is 22.7 Å². The number of nitrogens with zero attached hydrogens (tertiary/aromatic N) is 1. The zero-order valence-corrected chi connectivity index (χ0v) is 22.1. The van der Waals surface area contributed by atoms with Gasteiger partial charge in [0.05, 0.1) is 10.6 Å². The molecule has 1 nitrogen and oxygen atoms in total. The number of thiophene rings is 2. The largest absolute Gasteiger partial charge is 0.239 e. The molecule has 3 heterocycles. The summed E-state index contributed by atoms with van der Waals surface area (Å²) >= 11 is 10.5. The van der Waals surface area contributed by atoms with Crippen molar-refractivity contribution < 1.29 is 0 Å². The first-order valence-electron chi connectivity index (χ1n) is 12.2. The molecule has 174 valence electrons. The van der Waals surface area contributed by atoms with E-state index in [9.17, 15) is 0 Å². The van der Waals surface area contributed by atoms with Gasteiger partial charge in [0.1, 0.15) is 5.17 Å². The molecule has 36 heavy (non-hydrogen) atoms. The van der Waals surface area contributed by atoms with Crippen LogP contribution in [-0.4, -0.2) is 5.17 Å². The van der Waals surface area contributed by atoms with Crippen LogP contribution in [-0.2, 0) is 0 Å². The van der Waals surface area contributed by atoms with Gasteiger partial charge in [-0.2, -0.15) is 0 Å². The van der Waals surface area contributed by atoms with Crippen LogP contribution in [0.1, 0.15) is 30.2 Å². The number of aliphatic imine (C=N–C) groups is 1. The highest BCUT2D eigenvalue weighted by Crippen LogP contribution is 2.51. The predicted molar refractivity (Wildman–Crippen MR) is 160 cm³/mol. The zero-order valence-electron chi connectivity index (χ0n) is 19.7. The van der Waals surface area contributed by atoms with Crippen LogP contribution in [0.15, 0.2) is 102 Å². The lowest BCUT2D eigenvalue weighted by atomic mass is 9.93. The maximum Gasteiger partial charge on any atom is 0.111 e. The normalized spacial score (nSPS) is 13.9. The van der Waals surface area contributed by atoms with E-state index in [2.05, 4.69) is 97.9 Å². The molecular formula is C32H22ClNS2. The fraction of sp³-hybridized carbons (Fsp3) is 0.0938. The van der Waals surface area contributed by atoms with Gasteiger partial charge in [-0.3, -0.25) is 0 Å². The molecule has 0 saturated carbocycles. The molecule has 0 saturated heterocycles. The lowest BCUT2D eigenvalue weighted by molar-refractivity contribution is 1.07. The van der Waals surface area contributed by atoms with Crippen LogP contribution in [0.4, 0.5) is 5.69 Å². The second-order valence-electron chi connectivity index (χ2n) is 9.13. The minimum Gasteiger partial charge on any atom is -0.239 e. The molecule has 0 amide bonds. The minimum absolute atomic E-state index is 0.663. The Balaban J connectivity index is 1.53. The highest BCUT2D eigenvalue weighted by atomic mass is 35.5. The molecule has 0 aliphatic carbocycles. The van der Waals surface area contributed by atoms with E-state index >= 15 is 0 Å². The van der Waals surface area contributed by atoms with E-state index < -0.39 is 0 Å². The van der Waals surface area contributed by atoms with Crippen LogP contribution in [0, 0.1) is 0 Å². The van der Waals surface area contributed by atoms with E-state index in [4.69, 9.17) is 16.6 Å². The van der Waals surface area contributed by atoms with Crippen LogP contribution in [0.2, 0.25) is 0 Å².